The molecular weight excluding hydrogens is 756 g/mol. The third-order valence-corrected chi connectivity index (χ3v) is 9.94. The first kappa shape index (κ1) is 55.2. The molecular formula is C44H81ClO12. The molecule has 0 aromatic carbocycles. The van der Waals surface area contributed by atoms with Crippen LogP contribution in [0.3, 0.4) is 0 Å². The lowest BCUT2D eigenvalue weighted by molar-refractivity contribution is -0.174. The number of halogens is 1. The zero-order valence-corrected chi connectivity index (χ0v) is 37.4. The second-order valence-corrected chi connectivity index (χ2v) is 15.8. The van der Waals surface area contributed by atoms with Crippen molar-refractivity contribution in [2.45, 2.75) is 219 Å². The predicted octanol–water partition coefficient (Wildman–Crippen LogP) is 10.1. The fourth-order valence-electron chi connectivity index (χ4n) is 6.35. The Morgan fingerprint density at radius 1 is 0.544 bits per heavy atom. The van der Waals surface area contributed by atoms with E-state index in [1.165, 1.54) is 89.9 Å². The first-order valence-electron chi connectivity index (χ1n) is 22.2. The molecule has 13 heteroatoms. The van der Waals surface area contributed by atoms with Crippen LogP contribution >= 0.6 is 11.6 Å². The maximum absolute atomic E-state index is 11.9. The summed E-state index contributed by atoms with van der Waals surface area (Å²) in [7, 11) is 0. The predicted molar refractivity (Wildman–Crippen MR) is 223 cm³/mol. The summed E-state index contributed by atoms with van der Waals surface area (Å²) in [6.07, 6.45) is 24.4. The maximum Gasteiger partial charge on any atom is 0.305 e. The Bertz CT molecular complexity index is 1030. The number of aliphatic hydroxyl groups excluding tert-OH is 1. The smallest absolute Gasteiger partial charge is 0.305 e. The van der Waals surface area contributed by atoms with Crippen molar-refractivity contribution in [1.82, 2.24) is 0 Å². The Hall–Kier alpha value is -1.83. The van der Waals surface area contributed by atoms with Gasteiger partial charge >= 0.3 is 17.9 Å². The van der Waals surface area contributed by atoms with Gasteiger partial charge in [-0.3, -0.25) is 19.2 Å². The van der Waals surface area contributed by atoms with Crippen LogP contribution in [0, 0.1) is 0 Å². The molecule has 0 bridgehead atoms. The molecule has 1 N–H and O–H groups in total. The van der Waals surface area contributed by atoms with Crippen LogP contribution in [-0.4, -0.2) is 91.7 Å². The van der Waals surface area contributed by atoms with Crippen molar-refractivity contribution in [3.8, 4) is 0 Å². The number of unbranched alkanes of at least 4 members (excludes halogenated alkanes) is 16. The molecule has 2 aliphatic rings. The summed E-state index contributed by atoms with van der Waals surface area (Å²) in [5.41, 5.74) is 0. The number of rotatable bonds is 31. The van der Waals surface area contributed by atoms with E-state index >= 15 is 0 Å². The number of hydrogen-bond acceptors (Lipinski definition) is 12. The molecule has 12 nitrogen and oxygen atoms in total. The molecule has 0 aliphatic carbocycles. The van der Waals surface area contributed by atoms with Gasteiger partial charge < -0.3 is 38.3 Å². The van der Waals surface area contributed by atoms with E-state index in [2.05, 4.69) is 13.8 Å². The van der Waals surface area contributed by atoms with Crippen LogP contribution in [0.25, 0.3) is 0 Å². The molecule has 2 aliphatic heterocycles. The average Bonchev–Trinajstić information content (AvgIpc) is 3.77. The molecule has 2 fully saturated rings. The Kier molecular flexibility index (Phi) is 34.9. The monoisotopic (exact) mass is 837 g/mol. The second kappa shape index (κ2) is 36.1. The summed E-state index contributed by atoms with van der Waals surface area (Å²) in [5.74, 6) is -2.27. The molecule has 0 aromatic heterocycles. The molecule has 2 saturated heterocycles. The zero-order valence-electron chi connectivity index (χ0n) is 36.7. The van der Waals surface area contributed by atoms with Gasteiger partial charge in [0, 0.05) is 25.7 Å². The topological polar surface area (TPSA) is 153 Å². The Morgan fingerprint density at radius 2 is 0.912 bits per heavy atom. The minimum absolute atomic E-state index is 0.0605. The van der Waals surface area contributed by atoms with Crippen molar-refractivity contribution < 1.29 is 57.4 Å². The molecule has 57 heavy (non-hydrogen) atoms. The van der Waals surface area contributed by atoms with E-state index in [4.69, 9.17) is 49.9 Å². The van der Waals surface area contributed by atoms with Crippen molar-refractivity contribution in [3.63, 3.8) is 0 Å². The Morgan fingerprint density at radius 3 is 1.30 bits per heavy atom. The lowest BCUT2D eigenvalue weighted by Crippen LogP contribution is -2.29. The highest BCUT2D eigenvalue weighted by atomic mass is 35.5. The van der Waals surface area contributed by atoms with E-state index in [1.54, 1.807) is 27.7 Å². The first-order chi connectivity index (χ1) is 27.4. The lowest BCUT2D eigenvalue weighted by Gasteiger charge is -2.22. The van der Waals surface area contributed by atoms with Gasteiger partial charge in [0.25, 0.3) is 0 Å². The van der Waals surface area contributed by atoms with Gasteiger partial charge in [-0.15, -0.1) is 0 Å². The minimum atomic E-state index is -0.818. The fraction of sp³-hybridized carbons (Fsp3) is 0.909. The molecule has 2 heterocycles. The van der Waals surface area contributed by atoms with E-state index in [9.17, 15) is 19.2 Å². The van der Waals surface area contributed by atoms with Crippen molar-refractivity contribution in [3.05, 3.63) is 0 Å². The van der Waals surface area contributed by atoms with Crippen molar-refractivity contribution in [2.24, 2.45) is 0 Å². The second-order valence-electron chi connectivity index (χ2n) is 15.4. The highest BCUT2D eigenvalue weighted by molar-refractivity contribution is 6.63. The lowest BCUT2D eigenvalue weighted by atomic mass is 10.1. The van der Waals surface area contributed by atoms with Crippen LogP contribution in [0.4, 0.5) is 0 Å². The number of aliphatic hydroxyl groups is 1. The maximum atomic E-state index is 11.9. The molecule has 336 valence electrons. The van der Waals surface area contributed by atoms with E-state index in [1.807, 2.05) is 0 Å². The SMILES string of the molecule is CCCCCCCCCCCC(=O)Cl.CCCCCCCCCCCC(=O)OCC1COC(C)(CCC(=O)OCC)O1.CCOC(=O)CCC1(C)OCC(CO)O1. The van der Waals surface area contributed by atoms with Gasteiger partial charge in [0.15, 0.2) is 11.6 Å². The summed E-state index contributed by atoms with van der Waals surface area (Å²) < 4.78 is 37.3. The van der Waals surface area contributed by atoms with Gasteiger partial charge in [-0.25, -0.2) is 0 Å². The third kappa shape index (κ3) is 32.7. The first-order valence-corrected chi connectivity index (χ1v) is 22.6. The molecule has 2 rings (SSSR count). The van der Waals surface area contributed by atoms with Crippen molar-refractivity contribution in [1.29, 1.82) is 0 Å². The van der Waals surface area contributed by atoms with Gasteiger partial charge in [0.05, 0.1) is 45.9 Å². The molecule has 0 spiro atoms. The standard InChI is InChI=1S/C22H40O6.C12H23ClO.C10H18O5/c1-4-6-7-8-9-10-11-12-13-14-20(23)26-17-19-18-27-22(3,28-19)16-15-21(24)25-5-2;1-2-3-4-5-6-7-8-9-10-11-12(13)14;1-3-13-9(12)4-5-10(2)14-7-8(6-11)15-10/h19H,4-18H2,1-3H3;2-11H2,1H3;8,11H,3-7H2,1-2H3. The molecule has 0 radical (unpaired) electrons. The van der Waals surface area contributed by atoms with E-state index < -0.39 is 11.6 Å². The van der Waals surface area contributed by atoms with Crippen LogP contribution in [0.1, 0.15) is 196 Å². The summed E-state index contributed by atoms with van der Waals surface area (Å²) in [5, 5.41) is 8.68. The molecule has 4 unspecified atom stereocenters. The van der Waals surface area contributed by atoms with E-state index in [0.717, 1.165) is 25.7 Å². The summed E-state index contributed by atoms with van der Waals surface area (Å²) in [6, 6.07) is 0. The quantitative estimate of drug-likeness (QED) is 0.0306. The van der Waals surface area contributed by atoms with Crippen LogP contribution in [0.2, 0.25) is 0 Å². The highest BCUT2D eigenvalue weighted by Crippen LogP contribution is 2.29. The summed E-state index contributed by atoms with van der Waals surface area (Å²) in [6.45, 7) is 13.2. The fourth-order valence-corrected chi connectivity index (χ4v) is 6.48. The van der Waals surface area contributed by atoms with Gasteiger partial charge in [-0.1, -0.05) is 117 Å². The third-order valence-electron chi connectivity index (χ3n) is 9.75. The zero-order chi connectivity index (χ0) is 42.6. The molecule has 0 aromatic rings. The van der Waals surface area contributed by atoms with Gasteiger partial charge in [0.1, 0.15) is 18.8 Å². The van der Waals surface area contributed by atoms with Crippen LogP contribution < -0.4 is 0 Å². The van der Waals surface area contributed by atoms with Crippen LogP contribution in [0.15, 0.2) is 0 Å². The van der Waals surface area contributed by atoms with Crippen LogP contribution in [-0.2, 0) is 52.3 Å². The van der Waals surface area contributed by atoms with Crippen molar-refractivity contribution >= 4 is 34.8 Å². The number of ether oxygens (including phenoxy) is 7. The van der Waals surface area contributed by atoms with Crippen molar-refractivity contribution in [2.75, 3.05) is 39.6 Å². The average molecular weight is 838 g/mol. The number of carbonyl (C=O) groups is 4. The van der Waals surface area contributed by atoms with Crippen LogP contribution in [0.5, 0.6) is 0 Å². The number of carbonyl (C=O) groups excluding carboxylic acids is 4. The van der Waals surface area contributed by atoms with Gasteiger partial charge in [0.2, 0.25) is 5.24 Å². The molecule has 0 saturated carbocycles. The Labute approximate surface area is 350 Å². The Balaban J connectivity index is 0.000000910. The molecule has 4 atom stereocenters. The van der Waals surface area contributed by atoms with E-state index in [-0.39, 0.29) is 61.4 Å². The molecule has 0 amide bonds. The number of hydrogen-bond donors (Lipinski definition) is 1. The highest BCUT2D eigenvalue weighted by Gasteiger charge is 2.38. The largest absolute Gasteiger partial charge is 0.466 e. The number of esters is 3. The summed E-state index contributed by atoms with van der Waals surface area (Å²) >= 11 is 5.24. The van der Waals surface area contributed by atoms with E-state index in [0.29, 0.717) is 52.1 Å². The normalized spacial score (nSPS) is 21.2. The minimum Gasteiger partial charge on any atom is -0.466 e. The summed E-state index contributed by atoms with van der Waals surface area (Å²) in [4.78, 5) is 44.9. The van der Waals surface area contributed by atoms with Gasteiger partial charge in [-0.05, 0) is 52.1 Å². The van der Waals surface area contributed by atoms with Gasteiger partial charge in [-0.2, -0.15) is 0 Å².